The second-order valence-electron chi connectivity index (χ2n) is 4.84. The molecule has 0 spiro atoms. The zero-order chi connectivity index (χ0) is 17.1. The van der Waals surface area contributed by atoms with Gasteiger partial charge < -0.3 is 14.3 Å². The second kappa shape index (κ2) is 6.83. The Labute approximate surface area is 139 Å². The molecule has 0 atom stereocenters. The van der Waals surface area contributed by atoms with Gasteiger partial charge in [-0.15, -0.1) is 10.2 Å². The van der Waals surface area contributed by atoms with Crippen LogP contribution in [0.3, 0.4) is 0 Å². The van der Waals surface area contributed by atoms with E-state index in [1.807, 2.05) is 0 Å². The van der Waals surface area contributed by atoms with Crippen molar-refractivity contribution in [1.29, 1.82) is 0 Å². The number of benzene rings is 1. The van der Waals surface area contributed by atoms with Gasteiger partial charge in [0.05, 0.1) is 12.0 Å². The molecule has 0 bridgehead atoms. The van der Waals surface area contributed by atoms with Crippen LogP contribution in [0.15, 0.2) is 46.2 Å². The Morgan fingerprint density at radius 1 is 1.29 bits per heavy atom. The smallest absolute Gasteiger partial charge is 0.234 e. The first kappa shape index (κ1) is 16.2. The van der Waals surface area contributed by atoms with Crippen LogP contribution >= 0.6 is 11.8 Å². The summed E-state index contributed by atoms with van der Waals surface area (Å²) in [6.07, 6.45) is 1.53. The van der Waals surface area contributed by atoms with Gasteiger partial charge in [-0.25, -0.2) is 8.78 Å². The number of aromatic nitrogens is 3. The van der Waals surface area contributed by atoms with Crippen molar-refractivity contribution < 1.29 is 18.0 Å². The number of anilines is 1. The maximum absolute atomic E-state index is 13.1. The monoisotopic (exact) mass is 350 g/mol. The third-order valence-electron chi connectivity index (χ3n) is 3.06. The molecule has 9 heteroatoms. The average Bonchev–Trinajstić information content (AvgIpc) is 3.13. The summed E-state index contributed by atoms with van der Waals surface area (Å²) < 4.78 is 33.1. The van der Waals surface area contributed by atoms with Gasteiger partial charge in [0.2, 0.25) is 5.91 Å². The molecular weight excluding hydrogens is 338 g/mol. The molecule has 0 fully saturated rings. The van der Waals surface area contributed by atoms with E-state index in [0.717, 1.165) is 30.0 Å². The molecule has 0 aliphatic rings. The Hall–Kier alpha value is -2.68. The summed E-state index contributed by atoms with van der Waals surface area (Å²) in [5.74, 6) is -0.801. The predicted octanol–water partition coefficient (Wildman–Crippen LogP) is 3.08. The van der Waals surface area contributed by atoms with Crippen molar-refractivity contribution in [3.63, 3.8) is 0 Å². The number of amides is 1. The minimum absolute atomic E-state index is 0.0161. The highest BCUT2D eigenvalue weighted by Crippen LogP contribution is 2.23. The summed E-state index contributed by atoms with van der Waals surface area (Å²) in [6.45, 7) is 0. The molecule has 2 heterocycles. The summed E-state index contributed by atoms with van der Waals surface area (Å²) in [6, 6.07) is 6.32. The van der Waals surface area contributed by atoms with Crippen LogP contribution in [-0.4, -0.2) is 26.4 Å². The van der Waals surface area contributed by atoms with E-state index in [0.29, 0.717) is 16.7 Å². The van der Waals surface area contributed by atoms with Crippen LogP contribution in [0.4, 0.5) is 14.5 Å². The fourth-order valence-electron chi connectivity index (χ4n) is 2.01. The van der Waals surface area contributed by atoms with Crippen LogP contribution in [-0.2, 0) is 11.8 Å². The minimum atomic E-state index is -0.755. The number of rotatable bonds is 5. The molecule has 0 aliphatic heterocycles. The van der Waals surface area contributed by atoms with E-state index in [1.54, 1.807) is 23.7 Å². The Bertz CT molecular complexity index is 844. The van der Waals surface area contributed by atoms with Crippen molar-refractivity contribution >= 4 is 23.4 Å². The third kappa shape index (κ3) is 3.62. The normalized spacial score (nSPS) is 10.8. The van der Waals surface area contributed by atoms with Gasteiger partial charge in [0, 0.05) is 18.8 Å². The van der Waals surface area contributed by atoms with Gasteiger partial charge in [0.15, 0.2) is 16.7 Å². The average molecular weight is 350 g/mol. The van der Waals surface area contributed by atoms with Gasteiger partial charge in [0.1, 0.15) is 11.6 Å². The summed E-state index contributed by atoms with van der Waals surface area (Å²) in [5.41, 5.74) is 0.0624. The van der Waals surface area contributed by atoms with E-state index >= 15 is 0 Å². The van der Waals surface area contributed by atoms with Crippen LogP contribution in [0, 0.1) is 11.6 Å². The molecule has 24 heavy (non-hydrogen) atoms. The number of carbonyl (C=O) groups excluding carboxylic acids is 1. The lowest BCUT2D eigenvalue weighted by Gasteiger charge is -2.05. The highest BCUT2D eigenvalue weighted by Gasteiger charge is 2.14. The maximum atomic E-state index is 13.1. The van der Waals surface area contributed by atoms with Crippen molar-refractivity contribution in [2.45, 2.75) is 5.16 Å². The topological polar surface area (TPSA) is 73.0 Å². The number of hydrogen-bond donors (Lipinski definition) is 1. The van der Waals surface area contributed by atoms with E-state index < -0.39 is 17.5 Å². The maximum Gasteiger partial charge on any atom is 0.234 e. The molecule has 1 N–H and O–H groups in total. The molecule has 0 saturated carbocycles. The minimum Gasteiger partial charge on any atom is -0.461 e. The molecular formula is C15H12F2N4O2S. The zero-order valence-electron chi connectivity index (χ0n) is 12.5. The summed E-state index contributed by atoms with van der Waals surface area (Å²) in [4.78, 5) is 11.9. The van der Waals surface area contributed by atoms with E-state index in [1.165, 1.54) is 6.26 Å². The van der Waals surface area contributed by atoms with Gasteiger partial charge in [0.25, 0.3) is 0 Å². The molecule has 0 saturated heterocycles. The number of thioether (sulfide) groups is 1. The molecule has 6 nitrogen and oxygen atoms in total. The Morgan fingerprint density at radius 3 is 2.71 bits per heavy atom. The van der Waals surface area contributed by atoms with Crippen LogP contribution in [0.5, 0.6) is 0 Å². The molecule has 2 aromatic heterocycles. The largest absolute Gasteiger partial charge is 0.461 e. The predicted molar refractivity (Wildman–Crippen MR) is 84.4 cm³/mol. The lowest BCUT2D eigenvalue weighted by molar-refractivity contribution is -0.113. The Kier molecular flexibility index (Phi) is 4.61. The molecule has 1 aromatic carbocycles. The summed E-state index contributed by atoms with van der Waals surface area (Å²) in [5, 5.41) is 11.0. The zero-order valence-corrected chi connectivity index (χ0v) is 13.3. The highest BCUT2D eigenvalue weighted by atomic mass is 32.2. The van der Waals surface area contributed by atoms with Gasteiger partial charge in [-0.2, -0.15) is 0 Å². The first-order valence-electron chi connectivity index (χ1n) is 6.85. The van der Waals surface area contributed by atoms with E-state index in [4.69, 9.17) is 4.42 Å². The third-order valence-corrected chi connectivity index (χ3v) is 4.08. The highest BCUT2D eigenvalue weighted by molar-refractivity contribution is 7.99. The lowest BCUT2D eigenvalue weighted by atomic mass is 10.3. The van der Waals surface area contributed by atoms with Crippen molar-refractivity contribution in [1.82, 2.24) is 14.8 Å². The van der Waals surface area contributed by atoms with Gasteiger partial charge in [-0.05, 0) is 24.3 Å². The molecule has 0 radical (unpaired) electrons. The van der Waals surface area contributed by atoms with Crippen LogP contribution in [0.1, 0.15) is 0 Å². The van der Waals surface area contributed by atoms with E-state index in [-0.39, 0.29) is 11.4 Å². The van der Waals surface area contributed by atoms with Crippen molar-refractivity contribution in [3.8, 4) is 11.6 Å². The molecule has 1 amide bonds. The number of carbonyl (C=O) groups is 1. The lowest BCUT2D eigenvalue weighted by Crippen LogP contribution is -2.14. The quantitative estimate of drug-likeness (QED) is 0.716. The van der Waals surface area contributed by atoms with Crippen LogP contribution in [0.2, 0.25) is 0 Å². The van der Waals surface area contributed by atoms with Crippen LogP contribution < -0.4 is 5.32 Å². The Balaban J connectivity index is 1.62. The second-order valence-corrected chi connectivity index (χ2v) is 5.78. The molecule has 3 aromatic rings. The molecule has 0 unspecified atom stereocenters. The number of furan rings is 1. The number of nitrogens with zero attached hydrogens (tertiary/aromatic N) is 3. The summed E-state index contributed by atoms with van der Waals surface area (Å²) >= 11 is 1.15. The number of nitrogens with one attached hydrogen (secondary N) is 1. The molecule has 0 aliphatic carbocycles. The SMILES string of the molecule is Cn1c(SCC(=O)Nc2cc(F)cc(F)c2)nnc1-c1ccco1. The van der Waals surface area contributed by atoms with Crippen LogP contribution in [0.25, 0.3) is 11.6 Å². The first-order valence-corrected chi connectivity index (χ1v) is 7.83. The van der Waals surface area contributed by atoms with E-state index in [9.17, 15) is 13.6 Å². The van der Waals surface area contributed by atoms with Crippen molar-refractivity contribution in [2.75, 3.05) is 11.1 Å². The van der Waals surface area contributed by atoms with Gasteiger partial charge >= 0.3 is 0 Å². The van der Waals surface area contributed by atoms with Crippen molar-refractivity contribution in [2.24, 2.45) is 7.05 Å². The number of hydrogen-bond acceptors (Lipinski definition) is 5. The standard InChI is InChI=1S/C15H12F2N4O2S/c1-21-14(12-3-2-4-23-12)19-20-15(21)24-8-13(22)18-11-6-9(16)5-10(17)7-11/h2-7H,8H2,1H3,(H,18,22). The molecule has 3 rings (SSSR count). The fourth-order valence-corrected chi connectivity index (χ4v) is 2.73. The Morgan fingerprint density at radius 2 is 2.04 bits per heavy atom. The van der Waals surface area contributed by atoms with Gasteiger partial charge in [-0.1, -0.05) is 11.8 Å². The molecule has 124 valence electrons. The summed E-state index contributed by atoms with van der Waals surface area (Å²) in [7, 11) is 1.75. The van der Waals surface area contributed by atoms with Crippen molar-refractivity contribution in [3.05, 3.63) is 48.2 Å². The van der Waals surface area contributed by atoms with E-state index in [2.05, 4.69) is 15.5 Å². The first-order chi connectivity index (χ1) is 11.5. The van der Waals surface area contributed by atoms with Gasteiger partial charge in [-0.3, -0.25) is 4.79 Å². The number of halogens is 2. The fraction of sp³-hybridized carbons (Fsp3) is 0.133.